The highest BCUT2D eigenvalue weighted by Gasteiger charge is 2.31. The molecular weight excluding hydrogens is 544 g/mol. The Hall–Kier alpha value is -4.31. The average molecular weight is 579 g/mol. The van der Waals surface area contributed by atoms with E-state index in [1.54, 1.807) is 6.20 Å². The molecule has 0 aliphatic rings. The number of carboxylic acids is 2. The van der Waals surface area contributed by atoms with Gasteiger partial charge in [-0.3, -0.25) is 24.2 Å². The number of thiol groups is 1. The van der Waals surface area contributed by atoms with Gasteiger partial charge in [-0.05, 0) is 24.5 Å². The number of aromatic amines is 1. The first-order valence-corrected chi connectivity index (χ1v) is 12.9. The van der Waals surface area contributed by atoms with Crippen LogP contribution in [0.4, 0.5) is 0 Å². The number of benzene rings is 1. The third-order valence-corrected chi connectivity index (χ3v) is 6.21. The number of H-pyrrole nitrogens is 1. The van der Waals surface area contributed by atoms with Crippen LogP contribution in [0, 0.1) is 0 Å². The average Bonchev–Trinajstić information content (AvgIpc) is 3.30. The summed E-state index contributed by atoms with van der Waals surface area (Å²) in [6.07, 6.45) is 1.49. The number of rotatable bonds is 16. The lowest BCUT2D eigenvalue weighted by Crippen LogP contribution is -2.58. The topological polar surface area (TPSA) is 268 Å². The maximum atomic E-state index is 13.3. The van der Waals surface area contributed by atoms with Crippen LogP contribution in [0.25, 0.3) is 10.9 Å². The monoisotopic (exact) mass is 578 g/mol. The number of aromatic nitrogens is 1. The second-order valence-corrected chi connectivity index (χ2v) is 9.29. The fraction of sp³-hybridized carbons (Fsp3) is 0.417. The Morgan fingerprint density at radius 3 is 2.20 bits per heavy atom. The van der Waals surface area contributed by atoms with Crippen LogP contribution in [0.5, 0.6) is 0 Å². The number of nitrogens with zero attached hydrogens (tertiary/aromatic N) is 1. The smallest absolute Gasteiger partial charge is 0.326 e. The van der Waals surface area contributed by atoms with E-state index in [1.165, 1.54) is 0 Å². The fourth-order valence-electron chi connectivity index (χ4n) is 3.77. The van der Waals surface area contributed by atoms with Gasteiger partial charge in [-0.2, -0.15) is 12.6 Å². The van der Waals surface area contributed by atoms with E-state index in [2.05, 4.69) is 38.6 Å². The van der Waals surface area contributed by atoms with E-state index in [1.807, 2.05) is 24.3 Å². The Morgan fingerprint density at radius 1 is 0.950 bits per heavy atom. The number of carbonyl (C=O) groups excluding carboxylic acids is 3. The van der Waals surface area contributed by atoms with E-state index in [9.17, 15) is 29.1 Å². The summed E-state index contributed by atoms with van der Waals surface area (Å²) in [5.74, 6) is -5.66. The van der Waals surface area contributed by atoms with Crippen LogP contribution in [-0.2, 0) is 30.4 Å². The van der Waals surface area contributed by atoms with Crippen molar-refractivity contribution in [2.75, 3.05) is 12.3 Å². The molecule has 1 heterocycles. The van der Waals surface area contributed by atoms with E-state index in [-0.39, 0.29) is 31.1 Å². The minimum absolute atomic E-state index is 0.0278. The van der Waals surface area contributed by atoms with E-state index < -0.39 is 60.2 Å². The van der Waals surface area contributed by atoms with Crippen molar-refractivity contribution in [3.63, 3.8) is 0 Å². The summed E-state index contributed by atoms with van der Waals surface area (Å²) < 4.78 is 0. The van der Waals surface area contributed by atoms with Gasteiger partial charge in [0.25, 0.3) is 0 Å². The SMILES string of the molecule is NC(N)=NCCCC(N)C(=O)NC(Cc1c[nH]c2ccccc12)C(=O)NC(CS)C(=O)NC(CC(=O)O)C(=O)O. The maximum Gasteiger partial charge on any atom is 0.326 e. The van der Waals surface area contributed by atoms with Crippen LogP contribution >= 0.6 is 12.6 Å². The lowest BCUT2D eigenvalue weighted by Gasteiger charge is -2.24. The van der Waals surface area contributed by atoms with Gasteiger partial charge in [-0.25, -0.2) is 4.79 Å². The second kappa shape index (κ2) is 15.3. The van der Waals surface area contributed by atoms with Crippen molar-refractivity contribution in [2.24, 2.45) is 22.2 Å². The third kappa shape index (κ3) is 9.77. The molecular formula is C24H34N8O7S. The molecule has 0 aliphatic heterocycles. The number of nitrogens with two attached hydrogens (primary N) is 3. The number of hydrogen-bond donors (Lipinski definition) is 10. The molecule has 3 amide bonds. The van der Waals surface area contributed by atoms with Gasteiger partial charge < -0.3 is 48.3 Å². The molecule has 2 aromatic rings. The Labute approximate surface area is 234 Å². The molecule has 4 unspecified atom stereocenters. The minimum atomic E-state index is -1.72. The van der Waals surface area contributed by atoms with Crippen molar-refractivity contribution in [2.45, 2.75) is 49.9 Å². The number of aliphatic carboxylic acids is 2. The molecule has 0 saturated heterocycles. The molecule has 0 fully saturated rings. The molecule has 0 radical (unpaired) electrons. The molecule has 1 aromatic carbocycles. The van der Waals surface area contributed by atoms with Crippen molar-refractivity contribution < 1.29 is 34.2 Å². The van der Waals surface area contributed by atoms with Gasteiger partial charge >= 0.3 is 11.9 Å². The molecule has 0 spiro atoms. The summed E-state index contributed by atoms with van der Waals surface area (Å²) in [6, 6.07) is 2.12. The minimum Gasteiger partial charge on any atom is -0.481 e. The van der Waals surface area contributed by atoms with Gasteiger partial charge in [0.2, 0.25) is 17.7 Å². The van der Waals surface area contributed by atoms with Crippen LogP contribution in [-0.4, -0.2) is 87.3 Å². The van der Waals surface area contributed by atoms with Crippen molar-refractivity contribution in [1.82, 2.24) is 20.9 Å². The van der Waals surface area contributed by atoms with Crippen LogP contribution < -0.4 is 33.2 Å². The predicted octanol–water partition coefficient (Wildman–Crippen LogP) is -1.97. The number of hydrogen-bond acceptors (Lipinski definition) is 8. The summed E-state index contributed by atoms with van der Waals surface area (Å²) in [4.78, 5) is 68.1. The van der Waals surface area contributed by atoms with Gasteiger partial charge in [0.15, 0.2) is 5.96 Å². The van der Waals surface area contributed by atoms with Gasteiger partial charge in [0.05, 0.1) is 12.5 Å². The summed E-state index contributed by atoms with van der Waals surface area (Å²) >= 11 is 4.06. The molecule has 4 atom stereocenters. The number of guanidine groups is 1. The van der Waals surface area contributed by atoms with Crippen molar-refractivity contribution in [3.05, 3.63) is 36.0 Å². The molecule has 0 bridgehead atoms. The molecule has 218 valence electrons. The lowest BCUT2D eigenvalue weighted by atomic mass is 10.0. The summed E-state index contributed by atoms with van der Waals surface area (Å²) in [5, 5.41) is 26.1. The Morgan fingerprint density at radius 2 is 1.57 bits per heavy atom. The molecule has 0 saturated carbocycles. The molecule has 1 aromatic heterocycles. The van der Waals surface area contributed by atoms with E-state index in [4.69, 9.17) is 22.3 Å². The van der Waals surface area contributed by atoms with E-state index >= 15 is 0 Å². The first-order valence-electron chi connectivity index (χ1n) is 12.3. The van der Waals surface area contributed by atoms with Crippen molar-refractivity contribution in [3.8, 4) is 0 Å². The van der Waals surface area contributed by atoms with Crippen LogP contribution in [0.15, 0.2) is 35.5 Å². The highest BCUT2D eigenvalue weighted by molar-refractivity contribution is 7.80. The van der Waals surface area contributed by atoms with E-state index in [0.29, 0.717) is 12.0 Å². The lowest BCUT2D eigenvalue weighted by molar-refractivity contribution is -0.147. The molecule has 12 N–H and O–H groups in total. The van der Waals surface area contributed by atoms with Crippen molar-refractivity contribution >= 4 is 59.2 Å². The normalized spacial score (nSPS) is 13.8. The number of aliphatic imine (C=N–C) groups is 1. The molecule has 0 aliphatic carbocycles. The summed E-state index contributed by atoms with van der Waals surface area (Å²) in [5.41, 5.74) is 18.1. The maximum absolute atomic E-state index is 13.3. The van der Waals surface area contributed by atoms with Crippen LogP contribution in [0.3, 0.4) is 0 Å². The summed E-state index contributed by atoms with van der Waals surface area (Å²) in [6.45, 7) is 0.264. The zero-order valence-corrected chi connectivity index (χ0v) is 22.4. The zero-order chi connectivity index (χ0) is 29.8. The van der Waals surface area contributed by atoms with Gasteiger partial charge in [-0.1, -0.05) is 18.2 Å². The molecule has 40 heavy (non-hydrogen) atoms. The van der Waals surface area contributed by atoms with Gasteiger partial charge in [0.1, 0.15) is 18.1 Å². The first-order chi connectivity index (χ1) is 18.9. The highest BCUT2D eigenvalue weighted by atomic mass is 32.1. The predicted molar refractivity (Wildman–Crippen MR) is 149 cm³/mol. The van der Waals surface area contributed by atoms with Crippen LogP contribution in [0.2, 0.25) is 0 Å². The zero-order valence-electron chi connectivity index (χ0n) is 21.5. The van der Waals surface area contributed by atoms with Crippen LogP contribution in [0.1, 0.15) is 24.8 Å². The summed E-state index contributed by atoms with van der Waals surface area (Å²) in [7, 11) is 0. The number of carboxylic acid groups (broad SMARTS) is 2. The quantitative estimate of drug-likeness (QED) is 0.0454. The number of carbonyl (C=O) groups is 5. The Balaban J connectivity index is 2.20. The number of fused-ring (bicyclic) bond motifs is 1. The Kier molecular flexibility index (Phi) is 12.2. The first kappa shape index (κ1) is 31.9. The molecule has 16 heteroatoms. The fourth-order valence-corrected chi connectivity index (χ4v) is 4.03. The molecule has 15 nitrogen and oxygen atoms in total. The van der Waals surface area contributed by atoms with Gasteiger partial charge in [0, 0.05) is 35.8 Å². The number of para-hydroxylation sites is 1. The third-order valence-electron chi connectivity index (χ3n) is 5.85. The largest absolute Gasteiger partial charge is 0.481 e. The van der Waals surface area contributed by atoms with Gasteiger partial charge in [-0.15, -0.1) is 0 Å². The number of nitrogens with one attached hydrogen (secondary N) is 4. The second-order valence-electron chi connectivity index (χ2n) is 8.92. The Bertz CT molecular complexity index is 1250. The molecule has 2 rings (SSSR count). The number of amides is 3. The van der Waals surface area contributed by atoms with E-state index in [0.717, 1.165) is 10.9 Å². The standard InChI is InChI=1S/C24H34N8O7S/c25-14(5-3-7-28-24(26)27)20(35)30-16(8-12-10-29-15-6-2-1-4-13(12)15)21(36)32-18(11-40)22(37)31-17(23(38)39)9-19(33)34/h1-2,4,6,10,14,16-18,29,40H,3,5,7-9,11,25H2,(H,30,35)(H,31,37)(H,32,36)(H,33,34)(H,38,39)(H4,26,27,28). The highest BCUT2D eigenvalue weighted by Crippen LogP contribution is 2.19. The van der Waals surface area contributed by atoms with Crippen molar-refractivity contribution in [1.29, 1.82) is 0 Å².